The van der Waals surface area contributed by atoms with Crippen molar-refractivity contribution in [1.82, 2.24) is 10.3 Å². The highest BCUT2D eigenvalue weighted by Gasteiger charge is 2.23. The average molecular weight is 436 g/mol. The summed E-state index contributed by atoms with van der Waals surface area (Å²) in [5, 5.41) is 3.66. The van der Waals surface area contributed by atoms with Crippen molar-refractivity contribution in [2.45, 2.75) is 26.3 Å². The molecule has 1 heterocycles. The topological polar surface area (TPSA) is 154 Å². The van der Waals surface area contributed by atoms with Crippen molar-refractivity contribution >= 4 is 34.6 Å². The molecule has 2 aromatic carbocycles. The Morgan fingerprint density at radius 2 is 1.72 bits per heavy atom. The first-order valence-electron chi connectivity index (χ1n) is 9.58. The van der Waals surface area contributed by atoms with E-state index < -0.39 is 11.4 Å². The number of nitrogen functional groups attached to an aromatic ring is 1. The van der Waals surface area contributed by atoms with Crippen molar-refractivity contribution in [2.75, 3.05) is 12.3 Å². The van der Waals surface area contributed by atoms with E-state index in [2.05, 4.69) is 10.3 Å². The standard InChI is InChI=1S/C22H24N4O3.CO2/c1-13-10-16(23)19-17(25-13)8-5-9-18(19)29-12-22(2,3)26-21(28)15-7-4-6-14(11-15)20(24)27;2-1-3/h4-11H,12H2,1-3H3,(H2,23,25)(H2,24,27)(H,26,28);. The van der Waals surface area contributed by atoms with Crippen LogP contribution >= 0.6 is 0 Å². The molecule has 0 saturated heterocycles. The molecule has 3 aromatic rings. The minimum Gasteiger partial charge on any atom is -0.490 e. The number of pyridine rings is 1. The molecule has 5 N–H and O–H groups in total. The Kier molecular flexibility index (Phi) is 7.66. The van der Waals surface area contributed by atoms with Gasteiger partial charge in [0.05, 0.1) is 16.4 Å². The van der Waals surface area contributed by atoms with E-state index in [1.54, 1.807) is 24.3 Å². The average Bonchev–Trinajstić information content (AvgIpc) is 2.72. The van der Waals surface area contributed by atoms with Crippen LogP contribution in [0, 0.1) is 6.92 Å². The van der Waals surface area contributed by atoms with Crippen LogP contribution in [0.2, 0.25) is 0 Å². The number of carbonyl (C=O) groups excluding carboxylic acids is 4. The molecule has 166 valence electrons. The molecule has 0 fully saturated rings. The van der Waals surface area contributed by atoms with E-state index in [1.165, 1.54) is 6.07 Å². The molecule has 3 rings (SSSR count). The molecule has 9 heteroatoms. The zero-order valence-corrected chi connectivity index (χ0v) is 18.0. The summed E-state index contributed by atoms with van der Waals surface area (Å²) in [6, 6.07) is 13.6. The van der Waals surface area contributed by atoms with Gasteiger partial charge in [0.2, 0.25) is 5.91 Å². The lowest BCUT2D eigenvalue weighted by Gasteiger charge is -2.27. The van der Waals surface area contributed by atoms with Gasteiger partial charge >= 0.3 is 6.15 Å². The van der Waals surface area contributed by atoms with E-state index in [4.69, 9.17) is 25.8 Å². The van der Waals surface area contributed by atoms with Gasteiger partial charge in [-0.3, -0.25) is 14.6 Å². The minimum atomic E-state index is -0.686. The third kappa shape index (κ3) is 6.13. The minimum absolute atomic E-state index is 0.209. The SMILES string of the molecule is Cc1cc(N)c2c(OCC(C)(C)NC(=O)c3cccc(C(N)=O)c3)cccc2n1.O=C=O. The smallest absolute Gasteiger partial charge is 0.373 e. The van der Waals surface area contributed by atoms with Gasteiger partial charge in [0.1, 0.15) is 12.4 Å². The van der Waals surface area contributed by atoms with Crippen molar-refractivity contribution in [2.24, 2.45) is 5.73 Å². The predicted octanol–water partition coefficient (Wildman–Crippen LogP) is 2.23. The van der Waals surface area contributed by atoms with Crippen molar-refractivity contribution in [1.29, 1.82) is 0 Å². The number of amides is 2. The third-order valence-electron chi connectivity index (χ3n) is 4.40. The number of benzene rings is 2. The zero-order chi connectivity index (χ0) is 23.9. The number of carbonyl (C=O) groups is 2. The van der Waals surface area contributed by atoms with Crippen LogP contribution in [0.15, 0.2) is 48.5 Å². The summed E-state index contributed by atoms with van der Waals surface area (Å²) in [5.74, 6) is -0.304. The number of hydrogen-bond donors (Lipinski definition) is 3. The van der Waals surface area contributed by atoms with Crippen LogP contribution in [0.4, 0.5) is 5.69 Å². The predicted molar refractivity (Wildman–Crippen MR) is 118 cm³/mol. The largest absolute Gasteiger partial charge is 0.490 e. The van der Waals surface area contributed by atoms with E-state index in [0.717, 1.165) is 16.6 Å². The normalized spacial score (nSPS) is 10.5. The summed E-state index contributed by atoms with van der Waals surface area (Å²) in [5.41, 5.74) is 13.6. The van der Waals surface area contributed by atoms with E-state index in [-0.39, 0.29) is 24.2 Å². The van der Waals surface area contributed by atoms with Gasteiger partial charge in [0.15, 0.2) is 0 Å². The lowest BCUT2D eigenvalue weighted by atomic mass is 10.0. The molecular formula is C23H24N4O5. The summed E-state index contributed by atoms with van der Waals surface area (Å²) in [6.45, 7) is 5.79. The van der Waals surface area contributed by atoms with Crippen LogP contribution in [0.3, 0.4) is 0 Å². The second kappa shape index (κ2) is 10.2. The van der Waals surface area contributed by atoms with Crippen molar-refractivity contribution in [3.05, 3.63) is 65.4 Å². The van der Waals surface area contributed by atoms with Gasteiger partial charge in [-0.1, -0.05) is 12.1 Å². The summed E-state index contributed by atoms with van der Waals surface area (Å²) < 4.78 is 5.99. The maximum Gasteiger partial charge on any atom is 0.373 e. The number of rotatable bonds is 6. The maximum atomic E-state index is 12.6. The number of nitrogens with one attached hydrogen (secondary N) is 1. The van der Waals surface area contributed by atoms with Crippen LogP contribution < -0.4 is 21.5 Å². The van der Waals surface area contributed by atoms with Gasteiger partial charge < -0.3 is 21.5 Å². The number of aryl methyl sites for hydroxylation is 1. The van der Waals surface area contributed by atoms with Crippen molar-refractivity contribution in [3.8, 4) is 5.75 Å². The third-order valence-corrected chi connectivity index (χ3v) is 4.40. The number of hydrogen-bond acceptors (Lipinski definition) is 7. The van der Waals surface area contributed by atoms with E-state index in [1.807, 2.05) is 39.0 Å². The van der Waals surface area contributed by atoms with Gasteiger partial charge in [-0.15, -0.1) is 0 Å². The quantitative estimate of drug-likeness (QED) is 0.535. The fourth-order valence-corrected chi connectivity index (χ4v) is 3.03. The molecule has 0 aliphatic heterocycles. The Morgan fingerprint density at radius 1 is 1.09 bits per heavy atom. The molecular weight excluding hydrogens is 412 g/mol. The highest BCUT2D eigenvalue weighted by atomic mass is 16.5. The van der Waals surface area contributed by atoms with Gasteiger partial charge in [-0.2, -0.15) is 9.59 Å². The summed E-state index contributed by atoms with van der Waals surface area (Å²) in [6.07, 6.45) is 0.250. The van der Waals surface area contributed by atoms with E-state index in [9.17, 15) is 9.59 Å². The summed E-state index contributed by atoms with van der Waals surface area (Å²) in [4.78, 5) is 44.7. The monoisotopic (exact) mass is 436 g/mol. The number of nitrogens with two attached hydrogens (primary N) is 2. The van der Waals surface area contributed by atoms with Gasteiger partial charge in [-0.25, -0.2) is 0 Å². The second-order valence-electron chi connectivity index (χ2n) is 7.66. The second-order valence-corrected chi connectivity index (χ2v) is 7.66. The fourth-order valence-electron chi connectivity index (χ4n) is 3.03. The van der Waals surface area contributed by atoms with Crippen LogP contribution in [0.1, 0.15) is 40.3 Å². The molecule has 0 unspecified atom stereocenters. The Morgan fingerprint density at radius 3 is 2.38 bits per heavy atom. The molecule has 0 saturated carbocycles. The van der Waals surface area contributed by atoms with Crippen molar-refractivity contribution < 1.29 is 23.9 Å². The molecule has 9 nitrogen and oxygen atoms in total. The van der Waals surface area contributed by atoms with Crippen LogP contribution in [0.5, 0.6) is 5.75 Å². The lowest BCUT2D eigenvalue weighted by molar-refractivity contribution is -0.191. The molecule has 0 spiro atoms. The van der Waals surface area contributed by atoms with Crippen LogP contribution in [0.25, 0.3) is 10.9 Å². The zero-order valence-electron chi connectivity index (χ0n) is 18.0. The summed E-state index contributed by atoms with van der Waals surface area (Å²) >= 11 is 0. The van der Waals surface area contributed by atoms with Gasteiger partial charge in [-0.05, 0) is 57.2 Å². The molecule has 0 atom stereocenters. The van der Waals surface area contributed by atoms with Crippen LogP contribution in [-0.4, -0.2) is 35.1 Å². The van der Waals surface area contributed by atoms with Gasteiger partial charge in [0, 0.05) is 22.5 Å². The number of fused-ring (bicyclic) bond motifs is 1. The first-order valence-corrected chi connectivity index (χ1v) is 9.58. The summed E-state index contributed by atoms with van der Waals surface area (Å²) in [7, 11) is 0. The maximum absolute atomic E-state index is 12.6. The van der Waals surface area contributed by atoms with E-state index >= 15 is 0 Å². The Balaban J connectivity index is 0.00000114. The molecule has 0 radical (unpaired) electrons. The molecule has 1 aromatic heterocycles. The molecule has 32 heavy (non-hydrogen) atoms. The molecule has 2 amide bonds. The van der Waals surface area contributed by atoms with Gasteiger partial charge in [0.25, 0.3) is 5.91 Å². The van der Waals surface area contributed by atoms with E-state index in [0.29, 0.717) is 17.0 Å². The molecule has 0 aliphatic carbocycles. The lowest BCUT2D eigenvalue weighted by Crippen LogP contribution is -2.47. The highest BCUT2D eigenvalue weighted by molar-refractivity contribution is 5.99. The number of nitrogens with zero attached hydrogens (tertiary/aromatic N) is 1. The van der Waals surface area contributed by atoms with Crippen LogP contribution in [-0.2, 0) is 9.59 Å². The first kappa shape index (κ1) is 24.0. The number of ether oxygens (including phenoxy) is 1. The Labute approximate surface area is 184 Å². The first-order chi connectivity index (χ1) is 15.1. The number of aromatic nitrogens is 1. The fraction of sp³-hybridized carbons (Fsp3) is 0.217. The number of primary amides is 1. The number of anilines is 1. The molecule has 0 bridgehead atoms. The highest BCUT2D eigenvalue weighted by Crippen LogP contribution is 2.30. The van der Waals surface area contributed by atoms with Crippen molar-refractivity contribution in [3.63, 3.8) is 0 Å². The Bertz CT molecular complexity index is 1180. The molecule has 0 aliphatic rings. The Hall–Kier alpha value is -4.23.